The number of carbonyl (C=O) groups excluding carboxylic acids is 2. The number of amides is 1. The average Bonchev–Trinajstić information content (AvgIpc) is 2.89. The Morgan fingerprint density at radius 1 is 1.17 bits per heavy atom. The van der Waals surface area contributed by atoms with Crippen LogP contribution >= 0.6 is 0 Å². The minimum atomic E-state index is -0.827. The third-order valence-corrected chi connectivity index (χ3v) is 4.33. The minimum Gasteiger partial charge on any atom is -0.449 e. The zero-order valence-electron chi connectivity index (χ0n) is 14.2. The fourth-order valence-electron chi connectivity index (χ4n) is 3.15. The Bertz CT molecular complexity index is 784. The third kappa shape index (κ3) is 3.04. The molecule has 0 fully saturated rings. The first-order valence-corrected chi connectivity index (χ1v) is 8.16. The lowest BCUT2D eigenvalue weighted by Crippen LogP contribution is -2.43. The van der Waals surface area contributed by atoms with Gasteiger partial charge in [0.15, 0.2) is 6.10 Å². The summed E-state index contributed by atoms with van der Waals surface area (Å²) in [5.74, 6) is -0.659. The number of aryl methyl sites for hydroxylation is 1. The van der Waals surface area contributed by atoms with Gasteiger partial charge in [0.05, 0.1) is 5.56 Å². The maximum absolute atomic E-state index is 12.8. The summed E-state index contributed by atoms with van der Waals surface area (Å²) in [5, 5.41) is 0. The topological polar surface area (TPSA) is 46.6 Å². The highest BCUT2D eigenvalue weighted by molar-refractivity contribution is 6.00. The van der Waals surface area contributed by atoms with Crippen molar-refractivity contribution in [2.75, 3.05) is 4.90 Å². The van der Waals surface area contributed by atoms with Crippen LogP contribution in [0.3, 0.4) is 0 Å². The Balaban J connectivity index is 1.75. The molecular weight excluding hydrogens is 302 g/mol. The average molecular weight is 323 g/mol. The predicted molar refractivity (Wildman–Crippen MR) is 93.2 cm³/mol. The molecule has 24 heavy (non-hydrogen) atoms. The summed E-state index contributed by atoms with van der Waals surface area (Å²) in [6, 6.07) is 15.1. The number of hydrogen-bond acceptors (Lipinski definition) is 3. The van der Waals surface area contributed by atoms with Crippen molar-refractivity contribution >= 4 is 17.6 Å². The predicted octanol–water partition coefficient (Wildman–Crippen LogP) is 3.52. The third-order valence-electron chi connectivity index (χ3n) is 4.33. The van der Waals surface area contributed by atoms with E-state index in [0.717, 1.165) is 23.2 Å². The molecule has 1 aliphatic heterocycles. The van der Waals surface area contributed by atoms with Gasteiger partial charge in [0.25, 0.3) is 5.91 Å². The van der Waals surface area contributed by atoms with Gasteiger partial charge in [-0.2, -0.15) is 0 Å². The minimum absolute atomic E-state index is 0.0648. The molecule has 1 heterocycles. The van der Waals surface area contributed by atoms with E-state index < -0.39 is 12.1 Å². The summed E-state index contributed by atoms with van der Waals surface area (Å²) in [4.78, 5) is 26.8. The zero-order chi connectivity index (χ0) is 17.3. The second-order valence-corrected chi connectivity index (χ2v) is 6.31. The van der Waals surface area contributed by atoms with Crippen LogP contribution in [0.25, 0.3) is 0 Å². The van der Waals surface area contributed by atoms with Crippen LogP contribution in [0, 0.1) is 6.92 Å². The van der Waals surface area contributed by atoms with Crippen molar-refractivity contribution in [2.24, 2.45) is 0 Å². The van der Waals surface area contributed by atoms with Crippen LogP contribution in [0.4, 0.5) is 5.69 Å². The van der Waals surface area contributed by atoms with Crippen LogP contribution in [-0.2, 0) is 16.0 Å². The van der Waals surface area contributed by atoms with Gasteiger partial charge in [-0.3, -0.25) is 4.79 Å². The Morgan fingerprint density at radius 2 is 1.92 bits per heavy atom. The number of rotatable bonds is 3. The van der Waals surface area contributed by atoms with Crippen LogP contribution in [-0.4, -0.2) is 24.0 Å². The largest absolute Gasteiger partial charge is 0.449 e. The van der Waals surface area contributed by atoms with Crippen LogP contribution < -0.4 is 4.90 Å². The van der Waals surface area contributed by atoms with Gasteiger partial charge in [-0.25, -0.2) is 4.79 Å². The lowest BCUT2D eigenvalue weighted by Gasteiger charge is -2.26. The van der Waals surface area contributed by atoms with E-state index in [1.165, 1.54) is 0 Å². The van der Waals surface area contributed by atoms with Crippen molar-refractivity contribution in [1.82, 2.24) is 0 Å². The van der Waals surface area contributed by atoms with Crippen molar-refractivity contribution in [3.05, 3.63) is 65.2 Å². The number of benzene rings is 2. The molecule has 0 radical (unpaired) electrons. The van der Waals surface area contributed by atoms with E-state index in [0.29, 0.717) is 5.56 Å². The van der Waals surface area contributed by atoms with E-state index in [1.807, 2.05) is 44.2 Å². The van der Waals surface area contributed by atoms with Crippen molar-refractivity contribution in [3.8, 4) is 0 Å². The van der Waals surface area contributed by atoms with Crippen LogP contribution in [0.1, 0.15) is 35.3 Å². The van der Waals surface area contributed by atoms with E-state index in [1.54, 1.807) is 30.0 Å². The zero-order valence-corrected chi connectivity index (χ0v) is 14.2. The van der Waals surface area contributed by atoms with E-state index >= 15 is 0 Å². The second-order valence-electron chi connectivity index (χ2n) is 6.31. The van der Waals surface area contributed by atoms with Crippen molar-refractivity contribution in [3.63, 3.8) is 0 Å². The summed E-state index contributed by atoms with van der Waals surface area (Å²) in [6.07, 6.45) is -0.00730. The van der Waals surface area contributed by atoms with Crippen molar-refractivity contribution < 1.29 is 14.3 Å². The highest BCUT2D eigenvalue weighted by atomic mass is 16.5. The first-order valence-electron chi connectivity index (χ1n) is 8.16. The maximum atomic E-state index is 12.8. The molecule has 2 aromatic carbocycles. The summed E-state index contributed by atoms with van der Waals surface area (Å²) in [5.41, 5.74) is 3.50. The Labute approximate surface area is 142 Å². The molecule has 124 valence electrons. The first-order chi connectivity index (χ1) is 11.5. The summed E-state index contributed by atoms with van der Waals surface area (Å²) >= 11 is 0. The quantitative estimate of drug-likeness (QED) is 0.812. The molecule has 0 bridgehead atoms. The molecule has 0 aromatic heterocycles. The smallest absolute Gasteiger partial charge is 0.338 e. The fraction of sp³-hybridized carbons (Fsp3) is 0.300. The summed E-state index contributed by atoms with van der Waals surface area (Å²) in [7, 11) is 0. The van der Waals surface area contributed by atoms with Crippen LogP contribution in [0.15, 0.2) is 48.5 Å². The van der Waals surface area contributed by atoms with E-state index in [4.69, 9.17) is 4.74 Å². The molecule has 2 atom stereocenters. The second kappa shape index (κ2) is 6.48. The SMILES string of the molecule is Cc1cccc(C(=O)O[C@@H](C)C(=O)N2c3ccccc3C[C@H]2C)c1. The molecule has 2 aromatic rings. The molecule has 0 saturated heterocycles. The van der Waals surface area contributed by atoms with Gasteiger partial charge >= 0.3 is 5.97 Å². The van der Waals surface area contributed by atoms with Gasteiger partial charge in [-0.1, -0.05) is 35.9 Å². The van der Waals surface area contributed by atoms with Crippen molar-refractivity contribution in [2.45, 2.75) is 39.3 Å². The van der Waals surface area contributed by atoms with E-state index in [9.17, 15) is 9.59 Å². The molecule has 0 unspecified atom stereocenters. The molecule has 0 spiro atoms. The highest BCUT2D eigenvalue weighted by Gasteiger charge is 2.34. The molecule has 1 aliphatic rings. The van der Waals surface area contributed by atoms with Gasteiger partial charge in [-0.15, -0.1) is 0 Å². The lowest BCUT2D eigenvalue weighted by atomic mass is 10.1. The number of para-hydroxylation sites is 1. The summed E-state index contributed by atoms with van der Waals surface area (Å²) in [6.45, 7) is 5.55. The van der Waals surface area contributed by atoms with Gasteiger partial charge in [0, 0.05) is 11.7 Å². The molecular formula is C20H21NO3. The maximum Gasteiger partial charge on any atom is 0.338 e. The number of anilines is 1. The molecule has 0 saturated carbocycles. The number of ether oxygens (including phenoxy) is 1. The standard InChI is InChI=1S/C20H21NO3/c1-13-7-6-9-17(11-13)20(23)24-15(3)19(22)21-14(2)12-16-8-4-5-10-18(16)21/h4-11,14-15H,12H2,1-3H3/t14-,15+/m1/s1. The molecule has 0 N–H and O–H groups in total. The monoisotopic (exact) mass is 323 g/mol. The molecule has 4 heteroatoms. The normalized spacial score (nSPS) is 17.3. The highest BCUT2D eigenvalue weighted by Crippen LogP contribution is 2.32. The number of fused-ring (bicyclic) bond motifs is 1. The molecule has 0 aliphatic carbocycles. The van der Waals surface area contributed by atoms with Crippen molar-refractivity contribution in [1.29, 1.82) is 0 Å². The number of hydrogen-bond donors (Lipinski definition) is 0. The Hall–Kier alpha value is -2.62. The van der Waals surface area contributed by atoms with Gasteiger partial charge in [0.2, 0.25) is 0 Å². The van der Waals surface area contributed by atoms with E-state index in [-0.39, 0.29) is 11.9 Å². The summed E-state index contributed by atoms with van der Waals surface area (Å²) < 4.78 is 5.40. The van der Waals surface area contributed by atoms with Crippen LogP contribution in [0.2, 0.25) is 0 Å². The molecule has 3 rings (SSSR count). The number of esters is 1. The Morgan fingerprint density at radius 3 is 2.67 bits per heavy atom. The number of nitrogens with zero attached hydrogens (tertiary/aromatic N) is 1. The lowest BCUT2D eigenvalue weighted by molar-refractivity contribution is -0.126. The van der Waals surface area contributed by atoms with Gasteiger partial charge in [0.1, 0.15) is 0 Å². The Kier molecular flexibility index (Phi) is 4.38. The van der Waals surface area contributed by atoms with Gasteiger partial charge in [-0.05, 0) is 51.0 Å². The first kappa shape index (κ1) is 16.2. The van der Waals surface area contributed by atoms with E-state index in [2.05, 4.69) is 0 Å². The fourth-order valence-corrected chi connectivity index (χ4v) is 3.15. The molecule has 1 amide bonds. The number of carbonyl (C=O) groups is 2. The van der Waals surface area contributed by atoms with Crippen LogP contribution in [0.5, 0.6) is 0 Å². The van der Waals surface area contributed by atoms with Gasteiger partial charge < -0.3 is 9.64 Å². The molecule has 4 nitrogen and oxygen atoms in total.